The van der Waals surface area contributed by atoms with Gasteiger partial charge in [0, 0.05) is 12.1 Å². The Labute approximate surface area is 233 Å². The van der Waals surface area contributed by atoms with Gasteiger partial charge in [-0.3, -0.25) is 29.8 Å². The van der Waals surface area contributed by atoms with Crippen LogP contribution in [0, 0.1) is 20.2 Å². The molecule has 0 heterocycles. The Morgan fingerprint density at radius 1 is 0.732 bits per heavy atom. The van der Waals surface area contributed by atoms with Crippen molar-refractivity contribution in [3.63, 3.8) is 0 Å². The SMILES string of the molecule is CC(C)(C)OC(=O)COc1cc(COc2ccc([N+](=O)[O-])c(C=O)c2)cc(COc2ccc([N+](=O)[O-])c(C=O)c2)c1. The smallest absolute Gasteiger partial charge is 0.344 e. The normalized spacial score (nSPS) is 10.8. The molecule has 0 fully saturated rings. The average Bonchev–Trinajstić information content (AvgIpc) is 2.92. The number of nitrogens with zero attached hydrogens (tertiary/aromatic N) is 2. The molecule has 0 bridgehead atoms. The zero-order chi connectivity index (χ0) is 30.2. The molecule has 3 aromatic carbocycles. The first-order valence-electron chi connectivity index (χ1n) is 12.1. The van der Waals surface area contributed by atoms with Gasteiger partial charge in [0.05, 0.1) is 21.0 Å². The van der Waals surface area contributed by atoms with E-state index in [9.17, 15) is 34.6 Å². The van der Waals surface area contributed by atoms with Crippen molar-refractivity contribution in [3.8, 4) is 17.2 Å². The molecule has 0 unspecified atom stereocenters. The van der Waals surface area contributed by atoms with Crippen LogP contribution in [-0.2, 0) is 22.7 Å². The zero-order valence-electron chi connectivity index (χ0n) is 22.4. The number of hydrogen-bond donors (Lipinski definition) is 0. The van der Waals surface area contributed by atoms with Crippen molar-refractivity contribution in [3.05, 3.63) is 97.1 Å². The second-order valence-electron chi connectivity index (χ2n) is 9.63. The molecule has 214 valence electrons. The van der Waals surface area contributed by atoms with Gasteiger partial charge >= 0.3 is 5.97 Å². The third-order valence-corrected chi connectivity index (χ3v) is 5.26. The molecule has 3 aromatic rings. The third kappa shape index (κ3) is 8.85. The monoisotopic (exact) mass is 566 g/mol. The average molecular weight is 567 g/mol. The standard InChI is InChI=1S/C28H26N2O11/c1-28(2,3)41-27(33)17-40-24-9-18(15-38-22-4-6-25(29(34)35)20(11-22)13-31)8-19(10-24)16-39-23-5-7-26(30(36)37)21(12-23)14-32/h4-14H,15-17H2,1-3H3. The van der Waals surface area contributed by atoms with E-state index in [4.69, 9.17) is 18.9 Å². The van der Waals surface area contributed by atoms with E-state index < -0.39 is 21.4 Å². The maximum absolute atomic E-state index is 12.1. The van der Waals surface area contributed by atoms with Gasteiger partial charge in [0.15, 0.2) is 19.2 Å². The number of aldehydes is 2. The Morgan fingerprint density at radius 2 is 1.20 bits per heavy atom. The van der Waals surface area contributed by atoms with Crippen LogP contribution in [0.1, 0.15) is 52.6 Å². The summed E-state index contributed by atoms with van der Waals surface area (Å²) >= 11 is 0. The molecule has 0 saturated heterocycles. The molecule has 0 saturated carbocycles. The van der Waals surface area contributed by atoms with Crippen molar-refractivity contribution in [1.29, 1.82) is 0 Å². The van der Waals surface area contributed by atoms with Crippen LogP contribution in [-0.4, -0.2) is 40.6 Å². The third-order valence-electron chi connectivity index (χ3n) is 5.26. The maximum atomic E-state index is 12.1. The predicted molar refractivity (Wildman–Crippen MR) is 143 cm³/mol. The molecule has 0 aliphatic carbocycles. The zero-order valence-corrected chi connectivity index (χ0v) is 22.4. The van der Waals surface area contributed by atoms with E-state index in [0.717, 1.165) is 12.1 Å². The van der Waals surface area contributed by atoms with Crippen LogP contribution >= 0.6 is 0 Å². The van der Waals surface area contributed by atoms with Gasteiger partial charge < -0.3 is 18.9 Å². The van der Waals surface area contributed by atoms with Gasteiger partial charge in [-0.1, -0.05) is 0 Å². The van der Waals surface area contributed by atoms with Crippen LogP contribution in [0.4, 0.5) is 11.4 Å². The summed E-state index contributed by atoms with van der Waals surface area (Å²) in [6.45, 7) is 4.71. The Hall–Kier alpha value is -5.33. The van der Waals surface area contributed by atoms with Crippen molar-refractivity contribution in [2.24, 2.45) is 0 Å². The molecule has 13 nitrogen and oxygen atoms in total. The summed E-state index contributed by atoms with van der Waals surface area (Å²) < 4.78 is 22.3. The Balaban J connectivity index is 1.81. The van der Waals surface area contributed by atoms with E-state index in [0.29, 0.717) is 23.7 Å². The second kappa shape index (κ2) is 13.2. The van der Waals surface area contributed by atoms with Gasteiger partial charge in [-0.25, -0.2) is 4.79 Å². The summed E-state index contributed by atoms with van der Waals surface area (Å²) in [5.41, 5.74) is -0.572. The molecule has 13 heteroatoms. The highest BCUT2D eigenvalue weighted by atomic mass is 16.6. The fraction of sp³-hybridized carbons (Fsp3) is 0.250. The van der Waals surface area contributed by atoms with E-state index in [1.165, 1.54) is 24.3 Å². The van der Waals surface area contributed by atoms with E-state index in [1.807, 2.05) is 0 Å². The van der Waals surface area contributed by atoms with E-state index in [1.54, 1.807) is 39.0 Å². The highest BCUT2D eigenvalue weighted by molar-refractivity contribution is 5.82. The Bertz CT molecular complexity index is 1390. The summed E-state index contributed by atoms with van der Waals surface area (Å²) in [6.07, 6.45) is 0.722. The lowest BCUT2D eigenvalue weighted by Gasteiger charge is -2.19. The molecule has 41 heavy (non-hydrogen) atoms. The minimum Gasteiger partial charge on any atom is -0.489 e. The van der Waals surface area contributed by atoms with Crippen molar-refractivity contribution in [1.82, 2.24) is 0 Å². The number of carbonyl (C=O) groups excluding carboxylic acids is 3. The minimum atomic E-state index is -0.703. The molecule has 3 rings (SSSR count). The molecule has 0 amide bonds. The number of ether oxygens (including phenoxy) is 4. The van der Waals surface area contributed by atoms with Crippen molar-refractivity contribution in [2.45, 2.75) is 39.6 Å². The summed E-state index contributed by atoms with van der Waals surface area (Å²) in [5.74, 6) is 0.118. The lowest BCUT2D eigenvalue weighted by Crippen LogP contribution is -2.27. The quantitative estimate of drug-likeness (QED) is 0.118. The fourth-order valence-corrected chi connectivity index (χ4v) is 3.59. The largest absolute Gasteiger partial charge is 0.489 e. The van der Waals surface area contributed by atoms with Gasteiger partial charge in [0.1, 0.15) is 36.1 Å². The minimum absolute atomic E-state index is 0.0421. The first-order chi connectivity index (χ1) is 19.4. The van der Waals surface area contributed by atoms with E-state index in [-0.39, 0.29) is 59.6 Å². The Kier molecular flexibility index (Phi) is 9.69. The number of rotatable bonds is 13. The molecule has 0 aliphatic rings. The van der Waals surface area contributed by atoms with Crippen LogP contribution in [0.2, 0.25) is 0 Å². The van der Waals surface area contributed by atoms with Crippen LogP contribution < -0.4 is 14.2 Å². The fourth-order valence-electron chi connectivity index (χ4n) is 3.59. The first kappa shape index (κ1) is 30.2. The number of nitro groups is 2. The van der Waals surface area contributed by atoms with E-state index >= 15 is 0 Å². The maximum Gasteiger partial charge on any atom is 0.344 e. The number of nitro benzene ring substituents is 2. The van der Waals surface area contributed by atoms with Crippen LogP contribution in [0.3, 0.4) is 0 Å². The van der Waals surface area contributed by atoms with Crippen molar-refractivity contribution >= 4 is 29.9 Å². The highest BCUT2D eigenvalue weighted by Crippen LogP contribution is 2.26. The summed E-state index contributed by atoms with van der Waals surface area (Å²) in [6, 6.07) is 12.5. The molecule has 0 N–H and O–H groups in total. The van der Waals surface area contributed by atoms with Gasteiger partial charge in [0.2, 0.25) is 0 Å². The predicted octanol–water partition coefficient (Wildman–Crippen LogP) is 5.01. The van der Waals surface area contributed by atoms with Gasteiger partial charge in [0.25, 0.3) is 11.4 Å². The lowest BCUT2D eigenvalue weighted by atomic mass is 10.1. The molecule has 0 aliphatic heterocycles. The molecular formula is C28H26N2O11. The molecule has 0 aromatic heterocycles. The van der Waals surface area contributed by atoms with Gasteiger partial charge in [-0.2, -0.15) is 0 Å². The van der Waals surface area contributed by atoms with Crippen LogP contribution in [0.25, 0.3) is 0 Å². The number of esters is 1. The summed E-state index contributed by atoms with van der Waals surface area (Å²) in [7, 11) is 0. The number of carbonyl (C=O) groups is 3. The van der Waals surface area contributed by atoms with Crippen LogP contribution in [0.5, 0.6) is 17.2 Å². The molecular weight excluding hydrogens is 540 g/mol. The summed E-state index contributed by atoms with van der Waals surface area (Å²) in [4.78, 5) is 55.5. The molecule has 0 spiro atoms. The number of benzene rings is 3. The van der Waals surface area contributed by atoms with E-state index in [2.05, 4.69) is 0 Å². The second-order valence-corrected chi connectivity index (χ2v) is 9.63. The Morgan fingerprint density at radius 3 is 1.59 bits per heavy atom. The molecule has 0 radical (unpaired) electrons. The first-order valence-corrected chi connectivity index (χ1v) is 12.1. The topological polar surface area (TPSA) is 174 Å². The van der Waals surface area contributed by atoms with Crippen molar-refractivity contribution < 1.29 is 43.2 Å². The lowest BCUT2D eigenvalue weighted by molar-refractivity contribution is -0.385. The number of hydrogen-bond acceptors (Lipinski definition) is 11. The highest BCUT2D eigenvalue weighted by Gasteiger charge is 2.18. The van der Waals surface area contributed by atoms with Gasteiger partial charge in [-0.05, 0) is 74.4 Å². The van der Waals surface area contributed by atoms with Crippen LogP contribution in [0.15, 0.2) is 54.6 Å². The molecule has 0 atom stereocenters. The summed E-state index contributed by atoms with van der Waals surface area (Å²) in [5, 5.41) is 22.2. The van der Waals surface area contributed by atoms with Gasteiger partial charge in [-0.15, -0.1) is 0 Å². The van der Waals surface area contributed by atoms with Crippen molar-refractivity contribution in [2.75, 3.05) is 6.61 Å².